The molecule has 0 amide bonds. The summed E-state index contributed by atoms with van der Waals surface area (Å²) in [5.74, 6) is 1.58. The van der Waals surface area contributed by atoms with E-state index in [4.69, 9.17) is 9.47 Å². The average molecular weight is 581 g/mol. The molecule has 0 radical (unpaired) electrons. The van der Waals surface area contributed by atoms with Crippen molar-refractivity contribution in [2.45, 2.75) is 70.5 Å². The molecule has 1 aliphatic carbocycles. The minimum atomic E-state index is -0.998. The number of fused-ring (bicyclic) bond motifs is 1. The SMILES string of the molecule is CC.COC(C)CCCCS(=O)c1ccc(C2=C(c3ccccc3)CCc3cc(OCc4ccccc4)ccc32)cc1. The zero-order chi connectivity index (χ0) is 29.7. The van der Waals surface area contributed by atoms with Crippen molar-refractivity contribution >= 4 is 21.9 Å². The minimum Gasteiger partial charge on any atom is -0.489 e. The Morgan fingerprint density at radius 2 is 1.48 bits per heavy atom. The molecule has 0 aromatic heterocycles. The van der Waals surface area contributed by atoms with Crippen molar-refractivity contribution in [1.82, 2.24) is 0 Å². The fourth-order valence-electron chi connectivity index (χ4n) is 5.33. The van der Waals surface area contributed by atoms with Gasteiger partial charge in [0.25, 0.3) is 0 Å². The Hall–Kier alpha value is -3.47. The summed E-state index contributed by atoms with van der Waals surface area (Å²) < 4.78 is 24.5. The lowest BCUT2D eigenvalue weighted by molar-refractivity contribution is 0.109. The number of ether oxygens (including phenoxy) is 2. The maximum atomic E-state index is 13.0. The summed E-state index contributed by atoms with van der Waals surface area (Å²) in [6, 6.07) is 35.8. The molecule has 2 atom stereocenters. The van der Waals surface area contributed by atoms with Crippen molar-refractivity contribution in [2.24, 2.45) is 0 Å². The largest absolute Gasteiger partial charge is 0.489 e. The number of benzene rings is 4. The molecule has 3 nitrogen and oxygen atoms in total. The van der Waals surface area contributed by atoms with Crippen LogP contribution in [0.1, 0.15) is 74.3 Å². The van der Waals surface area contributed by atoms with E-state index in [1.807, 2.05) is 44.2 Å². The van der Waals surface area contributed by atoms with Crippen molar-refractivity contribution < 1.29 is 13.7 Å². The Labute approximate surface area is 255 Å². The molecule has 0 aliphatic heterocycles. The van der Waals surface area contributed by atoms with Gasteiger partial charge in [-0.2, -0.15) is 0 Å². The van der Waals surface area contributed by atoms with Crippen molar-refractivity contribution in [3.8, 4) is 5.75 Å². The van der Waals surface area contributed by atoms with Gasteiger partial charge >= 0.3 is 0 Å². The summed E-state index contributed by atoms with van der Waals surface area (Å²) in [5.41, 5.74) is 8.74. The fourth-order valence-corrected chi connectivity index (χ4v) is 6.47. The molecule has 42 heavy (non-hydrogen) atoms. The molecule has 5 rings (SSSR count). The number of unbranched alkanes of at least 4 members (excludes halogenated alkanes) is 1. The molecular weight excluding hydrogens is 536 g/mol. The fraction of sp³-hybridized carbons (Fsp3) is 0.316. The molecule has 0 saturated carbocycles. The Morgan fingerprint density at radius 3 is 2.17 bits per heavy atom. The second kappa shape index (κ2) is 16.2. The third-order valence-electron chi connectivity index (χ3n) is 7.66. The van der Waals surface area contributed by atoms with E-state index in [-0.39, 0.29) is 6.10 Å². The van der Waals surface area contributed by atoms with E-state index >= 15 is 0 Å². The highest BCUT2D eigenvalue weighted by molar-refractivity contribution is 7.85. The second-order valence-electron chi connectivity index (χ2n) is 10.4. The number of methoxy groups -OCH3 is 1. The Morgan fingerprint density at radius 1 is 0.786 bits per heavy atom. The van der Waals surface area contributed by atoms with Gasteiger partial charge in [0.2, 0.25) is 0 Å². The number of aryl methyl sites for hydroxylation is 1. The average Bonchev–Trinajstić information content (AvgIpc) is 3.06. The lowest BCUT2D eigenvalue weighted by atomic mass is 9.79. The van der Waals surface area contributed by atoms with Crippen LogP contribution in [0.2, 0.25) is 0 Å². The van der Waals surface area contributed by atoms with Gasteiger partial charge < -0.3 is 9.47 Å². The lowest BCUT2D eigenvalue weighted by Crippen LogP contribution is -2.07. The Kier molecular flexibility index (Phi) is 12.2. The minimum absolute atomic E-state index is 0.254. The van der Waals surface area contributed by atoms with E-state index in [1.54, 1.807) is 7.11 Å². The highest BCUT2D eigenvalue weighted by Gasteiger charge is 2.22. The molecule has 0 N–H and O–H groups in total. The van der Waals surface area contributed by atoms with Crippen LogP contribution >= 0.6 is 0 Å². The van der Waals surface area contributed by atoms with Crippen molar-refractivity contribution in [2.75, 3.05) is 12.9 Å². The molecule has 0 saturated heterocycles. The standard InChI is InChI=1S/C36H38O3S.C2H6/c1-27(38-2)11-9-10-24-40(37)33-20-16-30(17-21-33)36-34(29-14-7-4-8-15-29)22-18-31-25-32(19-23-35(31)36)39-26-28-12-5-3-6-13-28;1-2/h3-8,12-17,19-21,23,25,27H,9-11,18,22,24,26H2,1-2H3;1-2H3. The molecule has 0 fully saturated rings. The smallest absolute Gasteiger partial charge is 0.120 e. The van der Waals surface area contributed by atoms with Crippen molar-refractivity contribution in [3.63, 3.8) is 0 Å². The van der Waals surface area contributed by atoms with Crippen molar-refractivity contribution in [1.29, 1.82) is 0 Å². The first-order valence-corrected chi connectivity index (χ1v) is 16.5. The van der Waals surface area contributed by atoms with Gasteiger partial charge in [0.1, 0.15) is 12.4 Å². The van der Waals surface area contributed by atoms with Crippen LogP contribution < -0.4 is 4.74 Å². The highest BCUT2D eigenvalue weighted by atomic mass is 32.2. The molecule has 4 heteroatoms. The zero-order valence-electron chi connectivity index (χ0n) is 25.5. The summed E-state index contributed by atoms with van der Waals surface area (Å²) in [4.78, 5) is 0.895. The molecule has 4 aromatic carbocycles. The monoisotopic (exact) mass is 580 g/mol. The quantitative estimate of drug-likeness (QED) is 0.157. The molecular formula is C38H44O3S. The number of hydrogen-bond acceptors (Lipinski definition) is 3. The van der Waals surface area contributed by atoms with E-state index in [9.17, 15) is 4.21 Å². The van der Waals surface area contributed by atoms with E-state index in [0.717, 1.165) is 53.9 Å². The summed E-state index contributed by atoms with van der Waals surface area (Å²) in [6.07, 6.45) is 5.15. The first-order chi connectivity index (χ1) is 20.6. The Balaban J connectivity index is 0.00000198. The number of allylic oxidation sites excluding steroid dienone is 1. The van der Waals surface area contributed by atoms with Crippen LogP contribution in [0.15, 0.2) is 108 Å². The maximum Gasteiger partial charge on any atom is 0.120 e. The number of hydrogen-bond donors (Lipinski definition) is 0. The third-order valence-corrected chi connectivity index (χ3v) is 9.12. The van der Waals surface area contributed by atoms with Gasteiger partial charge in [-0.3, -0.25) is 4.21 Å². The van der Waals surface area contributed by atoms with Crippen LogP contribution in [0.25, 0.3) is 11.1 Å². The van der Waals surface area contributed by atoms with Crippen LogP contribution in [-0.4, -0.2) is 23.2 Å². The Bertz CT molecular complexity index is 1440. The predicted molar refractivity (Wildman–Crippen MR) is 177 cm³/mol. The summed E-state index contributed by atoms with van der Waals surface area (Å²) in [5, 5.41) is 0. The maximum absolute atomic E-state index is 13.0. The van der Waals surface area contributed by atoms with Crippen LogP contribution in [0.3, 0.4) is 0 Å². The van der Waals surface area contributed by atoms with Crippen molar-refractivity contribution in [3.05, 3.63) is 131 Å². The normalized spacial score (nSPS) is 13.9. The van der Waals surface area contributed by atoms with E-state index in [0.29, 0.717) is 12.4 Å². The number of rotatable bonds is 12. The van der Waals surface area contributed by atoms with Crippen LogP contribution in [0.5, 0.6) is 5.75 Å². The second-order valence-corrected chi connectivity index (χ2v) is 12.0. The van der Waals surface area contributed by atoms with Crippen LogP contribution in [-0.2, 0) is 28.6 Å². The summed E-state index contributed by atoms with van der Waals surface area (Å²) >= 11 is 0. The summed E-state index contributed by atoms with van der Waals surface area (Å²) in [7, 11) is 0.745. The topological polar surface area (TPSA) is 35.5 Å². The molecule has 0 heterocycles. The van der Waals surface area contributed by atoms with Gasteiger partial charge in [0.15, 0.2) is 0 Å². The highest BCUT2D eigenvalue weighted by Crippen LogP contribution is 2.42. The van der Waals surface area contributed by atoms with Gasteiger partial charge in [0.05, 0.1) is 16.9 Å². The van der Waals surface area contributed by atoms with Gasteiger partial charge in [-0.25, -0.2) is 0 Å². The van der Waals surface area contributed by atoms with Gasteiger partial charge in [-0.1, -0.05) is 92.7 Å². The predicted octanol–water partition coefficient (Wildman–Crippen LogP) is 9.51. The molecule has 0 bridgehead atoms. The molecule has 4 aromatic rings. The molecule has 2 unspecified atom stereocenters. The van der Waals surface area contributed by atoms with Gasteiger partial charge in [0, 0.05) is 17.8 Å². The molecule has 1 aliphatic rings. The van der Waals surface area contributed by atoms with E-state index < -0.39 is 10.8 Å². The van der Waals surface area contributed by atoms with E-state index in [2.05, 4.69) is 79.7 Å². The van der Waals surface area contributed by atoms with Crippen LogP contribution in [0.4, 0.5) is 0 Å². The first kappa shape index (κ1) is 31.5. The molecule has 0 spiro atoms. The zero-order valence-corrected chi connectivity index (χ0v) is 26.3. The first-order valence-electron chi connectivity index (χ1n) is 15.2. The summed E-state index contributed by atoms with van der Waals surface area (Å²) in [6.45, 7) is 6.64. The third kappa shape index (κ3) is 8.30. The van der Waals surface area contributed by atoms with Gasteiger partial charge in [-0.15, -0.1) is 0 Å². The van der Waals surface area contributed by atoms with Gasteiger partial charge in [-0.05, 0) is 102 Å². The lowest BCUT2D eigenvalue weighted by Gasteiger charge is -2.25. The van der Waals surface area contributed by atoms with Crippen LogP contribution in [0, 0.1) is 0 Å². The molecule has 220 valence electrons. The van der Waals surface area contributed by atoms with E-state index in [1.165, 1.54) is 27.8 Å².